The van der Waals surface area contributed by atoms with Gasteiger partial charge in [-0.15, -0.1) is 0 Å². The first-order valence-electron chi connectivity index (χ1n) is 7.60. The van der Waals surface area contributed by atoms with Crippen LogP contribution in [0.2, 0.25) is 0 Å². The smallest absolute Gasteiger partial charge is 0.304 e. The number of hydrogen-bond acceptors (Lipinski definition) is 7. The van der Waals surface area contributed by atoms with Gasteiger partial charge in [-0.3, -0.25) is 14.4 Å². The summed E-state index contributed by atoms with van der Waals surface area (Å²) in [6.07, 6.45) is 1.61. The molecule has 0 fully saturated rings. The molecule has 0 aromatic heterocycles. The van der Waals surface area contributed by atoms with E-state index in [1.165, 1.54) is 6.42 Å². The number of carboxylic acids is 3. The molecule has 152 valence electrons. The molecular weight excluding hydrogens is 404 g/mol. The molecule has 3 unspecified atom stereocenters. The van der Waals surface area contributed by atoms with Gasteiger partial charge in [0.25, 0.3) is 0 Å². The van der Waals surface area contributed by atoms with Gasteiger partial charge in [-0.25, -0.2) is 0 Å². The average molecular weight is 437 g/mol. The van der Waals surface area contributed by atoms with Crippen molar-refractivity contribution >= 4 is 68.4 Å². The van der Waals surface area contributed by atoms with Crippen LogP contribution in [0.4, 0.5) is 0 Å². The van der Waals surface area contributed by atoms with Gasteiger partial charge in [0.15, 0.2) is 0 Å². The van der Waals surface area contributed by atoms with Crippen LogP contribution in [-0.2, 0) is 14.4 Å². The Balaban J connectivity index is -0.000000120. The van der Waals surface area contributed by atoms with Crippen molar-refractivity contribution in [3.63, 3.8) is 0 Å². The van der Waals surface area contributed by atoms with E-state index in [0.717, 1.165) is 5.75 Å². The van der Waals surface area contributed by atoms with Crippen LogP contribution in [0.3, 0.4) is 0 Å². The Kier molecular flexibility index (Phi) is 30.9. The lowest BCUT2D eigenvalue weighted by Crippen LogP contribution is -2.01. The minimum atomic E-state index is -0.789. The van der Waals surface area contributed by atoms with Crippen LogP contribution in [0.15, 0.2) is 0 Å². The summed E-state index contributed by atoms with van der Waals surface area (Å²) in [6, 6.07) is 0. The first kappa shape index (κ1) is 32.5. The summed E-state index contributed by atoms with van der Waals surface area (Å²) in [7, 11) is 0. The zero-order chi connectivity index (χ0) is 21.0. The quantitative estimate of drug-likeness (QED) is 0.307. The molecule has 0 aromatic rings. The fourth-order valence-electron chi connectivity index (χ4n) is 0.758. The number of aliphatic carboxylic acids is 3. The summed E-state index contributed by atoms with van der Waals surface area (Å²) in [5, 5.41) is 24.0. The number of rotatable bonds is 7. The van der Waals surface area contributed by atoms with E-state index >= 15 is 0 Å². The van der Waals surface area contributed by atoms with Gasteiger partial charge in [-0.2, -0.15) is 50.5 Å². The maximum Gasteiger partial charge on any atom is 0.304 e. The molecule has 0 radical (unpaired) electrons. The second kappa shape index (κ2) is 23.8. The van der Waals surface area contributed by atoms with E-state index in [2.05, 4.69) is 57.4 Å². The van der Waals surface area contributed by atoms with Crippen LogP contribution < -0.4 is 0 Å². The highest BCUT2D eigenvalue weighted by Crippen LogP contribution is 1.97. The highest BCUT2D eigenvalue weighted by Gasteiger charge is 2.00. The highest BCUT2D eigenvalue weighted by atomic mass is 32.1. The summed E-state index contributed by atoms with van der Waals surface area (Å²) in [4.78, 5) is 29.3. The van der Waals surface area contributed by atoms with Crippen molar-refractivity contribution in [1.29, 1.82) is 0 Å². The largest absolute Gasteiger partial charge is 0.481 e. The predicted octanol–water partition coefficient (Wildman–Crippen LogP) is 3.66. The van der Waals surface area contributed by atoms with E-state index in [9.17, 15) is 14.4 Å². The van der Waals surface area contributed by atoms with Crippen LogP contribution in [0.25, 0.3) is 0 Å². The monoisotopic (exact) mass is 436 g/mol. The second-order valence-corrected chi connectivity index (χ2v) is 8.16. The van der Waals surface area contributed by atoms with Crippen molar-refractivity contribution < 1.29 is 29.7 Å². The van der Waals surface area contributed by atoms with Gasteiger partial charge in [0.05, 0.1) is 19.3 Å². The maximum atomic E-state index is 9.76. The van der Waals surface area contributed by atoms with Gasteiger partial charge >= 0.3 is 17.9 Å². The average Bonchev–Trinajstić information content (AvgIpc) is 2.35. The molecule has 3 N–H and O–H groups in total. The van der Waals surface area contributed by atoms with E-state index in [1.807, 2.05) is 0 Å². The molecule has 6 nitrogen and oxygen atoms in total. The summed E-state index contributed by atoms with van der Waals surface area (Å²) in [6.45, 7) is 7.35. The third-order valence-corrected chi connectivity index (χ3v) is 2.63. The Bertz CT molecular complexity index is 286. The fourth-order valence-corrected chi connectivity index (χ4v) is 1.23. The van der Waals surface area contributed by atoms with Crippen molar-refractivity contribution in [2.75, 3.05) is 5.75 Å². The van der Waals surface area contributed by atoms with Gasteiger partial charge in [0.2, 0.25) is 0 Å². The lowest BCUT2D eigenvalue weighted by molar-refractivity contribution is -0.137. The number of thiol groups is 4. The zero-order valence-electron chi connectivity index (χ0n) is 15.1. The Labute approximate surface area is 172 Å². The van der Waals surface area contributed by atoms with E-state index in [4.69, 9.17) is 15.3 Å². The SMILES string of the molecule is CC(S)CC(=O)O.CC(S)CC(=O)O.CC(S)CC(=O)O.CCCS. The Morgan fingerprint density at radius 3 is 0.880 bits per heavy atom. The third kappa shape index (κ3) is 69.0. The summed E-state index contributed by atoms with van der Waals surface area (Å²) >= 11 is 15.5. The molecule has 3 atom stereocenters. The molecule has 0 aliphatic heterocycles. The van der Waals surface area contributed by atoms with Crippen LogP contribution >= 0.6 is 50.5 Å². The Morgan fingerprint density at radius 2 is 0.880 bits per heavy atom. The van der Waals surface area contributed by atoms with Crippen LogP contribution in [-0.4, -0.2) is 54.7 Å². The topological polar surface area (TPSA) is 112 Å². The Morgan fingerprint density at radius 1 is 0.720 bits per heavy atom. The molecule has 25 heavy (non-hydrogen) atoms. The van der Waals surface area contributed by atoms with Crippen molar-refractivity contribution in [3.05, 3.63) is 0 Å². The van der Waals surface area contributed by atoms with Gasteiger partial charge < -0.3 is 15.3 Å². The summed E-state index contributed by atoms with van der Waals surface area (Å²) < 4.78 is 0. The van der Waals surface area contributed by atoms with E-state index in [0.29, 0.717) is 0 Å². The molecule has 0 heterocycles. The van der Waals surface area contributed by atoms with E-state index in [-0.39, 0.29) is 35.0 Å². The molecule has 0 saturated carbocycles. The van der Waals surface area contributed by atoms with Gasteiger partial charge in [-0.05, 0) is 12.2 Å². The Hall–Kier alpha value is -0.190. The van der Waals surface area contributed by atoms with Crippen molar-refractivity contribution in [3.8, 4) is 0 Å². The lowest BCUT2D eigenvalue weighted by atomic mass is 10.3. The van der Waals surface area contributed by atoms with Crippen molar-refractivity contribution in [1.82, 2.24) is 0 Å². The number of hydrogen-bond donors (Lipinski definition) is 7. The molecule has 0 aliphatic rings. The van der Waals surface area contributed by atoms with Crippen LogP contribution in [0.1, 0.15) is 53.4 Å². The normalized spacial score (nSPS) is 12.5. The summed E-state index contributed by atoms with van der Waals surface area (Å²) in [5.74, 6) is -1.35. The minimum absolute atomic E-state index is 0.0301. The number of carboxylic acid groups (broad SMARTS) is 3. The maximum absolute atomic E-state index is 9.76. The molecular formula is C15H32O6S4. The fraction of sp³-hybridized carbons (Fsp3) is 0.800. The number of carbonyl (C=O) groups is 3. The molecule has 0 aliphatic carbocycles. The first-order valence-corrected chi connectivity index (χ1v) is 9.78. The lowest BCUT2D eigenvalue weighted by Gasteiger charge is -1.93. The molecule has 0 bridgehead atoms. The molecule has 10 heteroatoms. The van der Waals surface area contributed by atoms with Crippen molar-refractivity contribution in [2.24, 2.45) is 0 Å². The zero-order valence-corrected chi connectivity index (χ0v) is 18.7. The van der Waals surface area contributed by atoms with Crippen molar-refractivity contribution in [2.45, 2.75) is 69.1 Å². The second-order valence-electron chi connectivity index (χ2n) is 5.06. The molecule has 0 rings (SSSR count). The van der Waals surface area contributed by atoms with Gasteiger partial charge in [-0.1, -0.05) is 27.7 Å². The predicted molar refractivity (Wildman–Crippen MR) is 116 cm³/mol. The van der Waals surface area contributed by atoms with Crippen LogP contribution in [0.5, 0.6) is 0 Å². The summed E-state index contributed by atoms with van der Waals surface area (Å²) in [5.41, 5.74) is 0. The van der Waals surface area contributed by atoms with Gasteiger partial charge in [0, 0.05) is 15.7 Å². The third-order valence-electron chi connectivity index (χ3n) is 1.63. The molecule has 0 aromatic carbocycles. The first-order chi connectivity index (χ1) is 11.3. The minimum Gasteiger partial charge on any atom is -0.481 e. The molecule has 0 saturated heterocycles. The van der Waals surface area contributed by atoms with Gasteiger partial charge in [0.1, 0.15) is 0 Å². The standard InChI is InChI=1S/3C4H8O2S.C3H8S/c3*1-3(7)2-4(5)6;1-2-3-4/h3*3,7H,2H2,1H3,(H,5,6);4H,2-3H2,1H3. The van der Waals surface area contributed by atoms with E-state index < -0.39 is 17.9 Å². The highest BCUT2D eigenvalue weighted by molar-refractivity contribution is 7.81. The molecule has 0 spiro atoms. The molecule has 0 amide bonds. The van der Waals surface area contributed by atoms with E-state index in [1.54, 1.807) is 20.8 Å². The van der Waals surface area contributed by atoms with Crippen LogP contribution in [0, 0.1) is 0 Å².